The minimum atomic E-state index is -3.15. The van der Waals surface area contributed by atoms with Gasteiger partial charge < -0.3 is 10.2 Å². The van der Waals surface area contributed by atoms with Gasteiger partial charge in [0, 0.05) is 24.8 Å². The van der Waals surface area contributed by atoms with Gasteiger partial charge in [-0.2, -0.15) is 5.10 Å². The minimum absolute atomic E-state index is 0.124. The molecule has 1 aromatic carbocycles. The summed E-state index contributed by atoms with van der Waals surface area (Å²) in [6.45, 7) is 7.62. The summed E-state index contributed by atoms with van der Waals surface area (Å²) in [6.07, 6.45) is 3.64. The Kier molecular flexibility index (Phi) is 6.49. The zero-order valence-electron chi connectivity index (χ0n) is 16.9. The maximum absolute atomic E-state index is 12.0. The fraction of sp³-hybridized carbons (Fsp3) is 0.550. The predicted molar refractivity (Wildman–Crippen MR) is 112 cm³/mol. The van der Waals surface area contributed by atoms with Crippen LogP contribution in [0, 0.1) is 0 Å². The molecule has 2 aromatic rings. The SMILES string of the molecule is CCc1nnc(NC2CCN(c3ccc(S(=O)(=O)CC)cc3)CC2)nc1CC. The van der Waals surface area contributed by atoms with Crippen LogP contribution in [0.3, 0.4) is 0 Å². The number of piperidine rings is 1. The first-order valence-corrected chi connectivity index (χ1v) is 11.7. The van der Waals surface area contributed by atoms with Crippen LogP contribution in [-0.4, -0.2) is 48.5 Å². The summed E-state index contributed by atoms with van der Waals surface area (Å²) < 4.78 is 23.9. The molecule has 0 saturated carbocycles. The third-order valence-electron chi connectivity index (χ3n) is 5.28. The van der Waals surface area contributed by atoms with E-state index in [4.69, 9.17) is 0 Å². The van der Waals surface area contributed by atoms with E-state index in [9.17, 15) is 8.42 Å². The summed E-state index contributed by atoms with van der Waals surface area (Å²) in [7, 11) is -3.15. The zero-order chi connectivity index (χ0) is 20.1. The number of anilines is 2. The Morgan fingerprint density at radius 2 is 1.64 bits per heavy atom. The van der Waals surface area contributed by atoms with Crippen molar-refractivity contribution in [1.82, 2.24) is 15.2 Å². The molecule has 0 atom stereocenters. The van der Waals surface area contributed by atoms with Crippen LogP contribution in [0.1, 0.15) is 45.0 Å². The quantitative estimate of drug-likeness (QED) is 0.760. The number of aromatic nitrogens is 3. The van der Waals surface area contributed by atoms with Crippen LogP contribution in [0.15, 0.2) is 29.2 Å². The Morgan fingerprint density at radius 3 is 2.21 bits per heavy atom. The van der Waals surface area contributed by atoms with Gasteiger partial charge in [0.05, 0.1) is 22.0 Å². The Hall–Kier alpha value is -2.22. The Balaban J connectivity index is 1.59. The van der Waals surface area contributed by atoms with Crippen LogP contribution in [0.25, 0.3) is 0 Å². The van der Waals surface area contributed by atoms with Crippen LogP contribution in [0.5, 0.6) is 0 Å². The second-order valence-corrected chi connectivity index (χ2v) is 9.32. The molecule has 0 aliphatic carbocycles. The van der Waals surface area contributed by atoms with Gasteiger partial charge in [0.2, 0.25) is 5.95 Å². The maximum atomic E-state index is 12.0. The molecule has 1 N–H and O–H groups in total. The van der Waals surface area contributed by atoms with Gasteiger partial charge in [-0.15, -0.1) is 5.10 Å². The molecule has 1 fully saturated rings. The monoisotopic (exact) mass is 403 g/mol. The van der Waals surface area contributed by atoms with Gasteiger partial charge in [-0.1, -0.05) is 20.8 Å². The number of nitrogens with one attached hydrogen (secondary N) is 1. The molecule has 3 rings (SSSR count). The lowest BCUT2D eigenvalue weighted by Gasteiger charge is -2.34. The van der Waals surface area contributed by atoms with E-state index in [0.29, 0.717) is 16.9 Å². The van der Waals surface area contributed by atoms with Crippen molar-refractivity contribution in [1.29, 1.82) is 0 Å². The van der Waals surface area contributed by atoms with Crippen LogP contribution >= 0.6 is 0 Å². The number of aryl methyl sites for hydroxylation is 2. The largest absolute Gasteiger partial charge is 0.371 e. The number of hydrogen-bond donors (Lipinski definition) is 1. The topological polar surface area (TPSA) is 88.1 Å². The average molecular weight is 404 g/mol. The number of benzene rings is 1. The molecule has 1 aliphatic heterocycles. The molecule has 0 unspecified atom stereocenters. The first-order valence-electron chi connectivity index (χ1n) is 10.0. The van der Waals surface area contributed by atoms with Crippen LogP contribution in [-0.2, 0) is 22.7 Å². The maximum Gasteiger partial charge on any atom is 0.243 e. The van der Waals surface area contributed by atoms with Gasteiger partial charge in [-0.05, 0) is 49.9 Å². The molecule has 2 heterocycles. The van der Waals surface area contributed by atoms with Gasteiger partial charge in [-0.3, -0.25) is 0 Å². The summed E-state index contributed by atoms with van der Waals surface area (Å²) >= 11 is 0. The summed E-state index contributed by atoms with van der Waals surface area (Å²) in [5, 5.41) is 11.9. The molecule has 1 saturated heterocycles. The van der Waals surface area contributed by atoms with Gasteiger partial charge in [0.25, 0.3) is 0 Å². The summed E-state index contributed by atoms with van der Waals surface area (Å²) in [5.74, 6) is 0.737. The number of hydrogen-bond acceptors (Lipinski definition) is 7. The highest BCUT2D eigenvalue weighted by Gasteiger charge is 2.21. The van der Waals surface area contributed by atoms with Crippen molar-refractivity contribution in [2.75, 3.05) is 29.1 Å². The van der Waals surface area contributed by atoms with Crippen LogP contribution < -0.4 is 10.2 Å². The van der Waals surface area contributed by atoms with E-state index >= 15 is 0 Å². The molecule has 1 aromatic heterocycles. The predicted octanol–water partition coefficient (Wildman–Crippen LogP) is 2.87. The van der Waals surface area contributed by atoms with Crippen molar-refractivity contribution in [2.24, 2.45) is 0 Å². The first-order chi connectivity index (χ1) is 13.5. The average Bonchev–Trinajstić information content (AvgIpc) is 2.74. The molecular weight excluding hydrogens is 374 g/mol. The zero-order valence-corrected chi connectivity index (χ0v) is 17.7. The molecule has 8 heteroatoms. The highest BCUT2D eigenvalue weighted by Crippen LogP contribution is 2.23. The van der Waals surface area contributed by atoms with Gasteiger partial charge >= 0.3 is 0 Å². The van der Waals surface area contributed by atoms with Gasteiger partial charge in [0.15, 0.2) is 9.84 Å². The summed E-state index contributed by atoms with van der Waals surface area (Å²) in [4.78, 5) is 7.30. The summed E-state index contributed by atoms with van der Waals surface area (Å²) in [6, 6.07) is 7.54. The standard InChI is InChI=1S/C20H29N5O2S/c1-4-18-19(5-2)23-24-20(22-18)21-15-11-13-25(14-12-15)16-7-9-17(10-8-16)28(26,27)6-3/h7-10,15H,4-6,11-14H2,1-3H3,(H,21,22,24). The molecule has 28 heavy (non-hydrogen) atoms. The fourth-order valence-electron chi connectivity index (χ4n) is 3.49. The van der Waals surface area contributed by atoms with Crippen LogP contribution in [0.4, 0.5) is 11.6 Å². The normalized spacial score (nSPS) is 15.6. The van der Waals surface area contributed by atoms with Crippen molar-refractivity contribution in [2.45, 2.75) is 57.4 Å². The summed E-state index contributed by atoms with van der Waals surface area (Å²) in [5.41, 5.74) is 3.04. The third-order valence-corrected chi connectivity index (χ3v) is 7.03. The smallest absolute Gasteiger partial charge is 0.243 e. The van der Waals surface area contributed by atoms with E-state index in [-0.39, 0.29) is 5.75 Å². The molecule has 152 valence electrons. The van der Waals surface area contributed by atoms with E-state index in [1.165, 1.54) is 0 Å². The lowest BCUT2D eigenvalue weighted by Crippen LogP contribution is -2.39. The lowest BCUT2D eigenvalue weighted by atomic mass is 10.0. The van der Waals surface area contributed by atoms with E-state index in [1.807, 2.05) is 12.1 Å². The Labute approximate surface area is 167 Å². The molecule has 0 radical (unpaired) electrons. The highest BCUT2D eigenvalue weighted by atomic mass is 32.2. The first kappa shape index (κ1) is 20.5. The van der Waals surface area contributed by atoms with Crippen LogP contribution in [0.2, 0.25) is 0 Å². The number of nitrogens with zero attached hydrogens (tertiary/aromatic N) is 4. The number of sulfone groups is 1. The molecule has 0 bridgehead atoms. The Bertz CT molecular complexity index is 891. The van der Waals surface area contributed by atoms with Crippen molar-refractivity contribution < 1.29 is 8.42 Å². The molecule has 0 amide bonds. The van der Waals surface area contributed by atoms with Crippen molar-refractivity contribution in [3.05, 3.63) is 35.7 Å². The highest BCUT2D eigenvalue weighted by molar-refractivity contribution is 7.91. The third kappa shape index (κ3) is 4.60. The minimum Gasteiger partial charge on any atom is -0.371 e. The van der Waals surface area contributed by atoms with Gasteiger partial charge in [0.1, 0.15) is 0 Å². The second-order valence-electron chi connectivity index (χ2n) is 7.04. The molecule has 7 nitrogen and oxygen atoms in total. The van der Waals surface area contributed by atoms with E-state index < -0.39 is 9.84 Å². The lowest BCUT2D eigenvalue weighted by molar-refractivity contribution is 0.522. The van der Waals surface area contributed by atoms with E-state index in [1.54, 1.807) is 19.1 Å². The van der Waals surface area contributed by atoms with Gasteiger partial charge in [-0.25, -0.2) is 13.4 Å². The molecule has 1 aliphatic rings. The Morgan fingerprint density at radius 1 is 1.00 bits per heavy atom. The van der Waals surface area contributed by atoms with Crippen molar-refractivity contribution in [3.63, 3.8) is 0 Å². The molecule has 0 spiro atoms. The van der Waals surface area contributed by atoms with E-state index in [2.05, 4.69) is 39.2 Å². The number of rotatable bonds is 7. The fourth-order valence-corrected chi connectivity index (χ4v) is 4.38. The molecular formula is C20H29N5O2S. The van der Waals surface area contributed by atoms with E-state index in [0.717, 1.165) is 55.8 Å². The van der Waals surface area contributed by atoms with Crippen molar-refractivity contribution >= 4 is 21.5 Å². The second kappa shape index (κ2) is 8.86. The van der Waals surface area contributed by atoms with Crippen molar-refractivity contribution in [3.8, 4) is 0 Å².